The molecule has 5 nitrogen and oxygen atoms in total. The second-order valence-corrected chi connectivity index (χ2v) is 7.74. The molecule has 126 valence electrons. The Hall–Kier alpha value is -2.18. The average Bonchev–Trinajstić information content (AvgIpc) is 2.54. The van der Waals surface area contributed by atoms with Crippen molar-refractivity contribution in [2.24, 2.45) is 5.14 Å². The molecule has 0 bridgehead atoms. The largest absolute Gasteiger partial charge is 0.345 e. The highest BCUT2D eigenvalue weighted by Crippen LogP contribution is 2.29. The third-order valence-electron chi connectivity index (χ3n) is 4.23. The molecule has 3 N–H and O–H groups in total. The van der Waals surface area contributed by atoms with Gasteiger partial charge in [0.05, 0.1) is 11.8 Å². The molecule has 1 aliphatic rings. The molecule has 1 amide bonds. The highest BCUT2D eigenvalue weighted by atomic mass is 32.2. The van der Waals surface area contributed by atoms with Crippen molar-refractivity contribution in [3.63, 3.8) is 0 Å². The molecule has 0 fully saturated rings. The van der Waals surface area contributed by atoms with E-state index in [0.717, 1.165) is 24.8 Å². The zero-order valence-corrected chi connectivity index (χ0v) is 14.1. The van der Waals surface area contributed by atoms with Crippen LogP contribution in [0.2, 0.25) is 0 Å². The van der Waals surface area contributed by atoms with Crippen LogP contribution in [0.5, 0.6) is 0 Å². The Kier molecular flexibility index (Phi) is 4.69. The minimum absolute atomic E-state index is 0.00986. The van der Waals surface area contributed by atoms with Crippen molar-refractivity contribution in [3.05, 3.63) is 70.8 Å². The van der Waals surface area contributed by atoms with Crippen LogP contribution >= 0.6 is 0 Å². The van der Waals surface area contributed by atoms with Crippen LogP contribution in [0.1, 0.15) is 45.9 Å². The number of primary sulfonamides is 1. The summed E-state index contributed by atoms with van der Waals surface area (Å²) in [6.07, 6.45) is 2.97. The first-order chi connectivity index (χ1) is 11.4. The number of hydrogen-bond acceptors (Lipinski definition) is 3. The van der Waals surface area contributed by atoms with Crippen molar-refractivity contribution < 1.29 is 13.2 Å². The summed E-state index contributed by atoms with van der Waals surface area (Å²) in [7, 11) is -3.62. The monoisotopic (exact) mass is 344 g/mol. The average molecular weight is 344 g/mol. The first-order valence-corrected chi connectivity index (χ1v) is 9.62. The van der Waals surface area contributed by atoms with Crippen molar-refractivity contribution in [1.82, 2.24) is 5.32 Å². The van der Waals surface area contributed by atoms with Crippen LogP contribution in [0.3, 0.4) is 0 Å². The highest BCUT2D eigenvalue weighted by Gasteiger charge is 2.22. The van der Waals surface area contributed by atoms with Gasteiger partial charge < -0.3 is 5.32 Å². The fourth-order valence-corrected chi connectivity index (χ4v) is 3.82. The summed E-state index contributed by atoms with van der Waals surface area (Å²) in [6, 6.07) is 14.7. The molecule has 2 aromatic rings. The van der Waals surface area contributed by atoms with Gasteiger partial charge in [-0.1, -0.05) is 36.4 Å². The fraction of sp³-hybridized carbons (Fsp3) is 0.278. The van der Waals surface area contributed by atoms with E-state index in [9.17, 15) is 13.2 Å². The molecule has 0 unspecified atom stereocenters. The van der Waals surface area contributed by atoms with Gasteiger partial charge in [-0.05, 0) is 48.1 Å². The lowest BCUT2D eigenvalue weighted by atomic mass is 9.87. The number of nitrogens with two attached hydrogens (primary N) is 1. The Bertz CT molecular complexity index is 862. The van der Waals surface area contributed by atoms with E-state index in [1.807, 2.05) is 12.1 Å². The molecule has 0 radical (unpaired) electrons. The number of benzene rings is 2. The van der Waals surface area contributed by atoms with Gasteiger partial charge in [-0.25, -0.2) is 13.6 Å². The quantitative estimate of drug-likeness (QED) is 0.892. The first kappa shape index (κ1) is 16.7. The molecule has 3 rings (SSSR count). The summed E-state index contributed by atoms with van der Waals surface area (Å²) in [4.78, 5) is 12.5. The number of nitrogens with one attached hydrogen (secondary N) is 1. The lowest BCUT2D eigenvalue weighted by Crippen LogP contribution is -2.31. The Morgan fingerprint density at radius 3 is 2.75 bits per heavy atom. The number of carbonyl (C=O) groups is 1. The van der Waals surface area contributed by atoms with E-state index in [2.05, 4.69) is 17.4 Å². The highest BCUT2D eigenvalue weighted by molar-refractivity contribution is 7.88. The van der Waals surface area contributed by atoms with Gasteiger partial charge in [0.2, 0.25) is 10.0 Å². The SMILES string of the molecule is NS(=O)(=O)Cc1cccc(C(=O)N[C@H]2CCCc3ccccc32)c1. The lowest BCUT2D eigenvalue weighted by Gasteiger charge is -2.26. The maximum absolute atomic E-state index is 12.5. The van der Waals surface area contributed by atoms with E-state index in [4.69, 9.17) is 5.14 Å². The maximum Gasteiger partial charge on any atom is 0.251 e. The normalized spacial score (nSPS) is 17.1. The second-order valence-electron chi connectivity index (χ2n) is 6.12. The van der Waals surface area contributed by atoms with Gasteiger partial charge in [-0.15, -0.1) is 0 Å². The molecule has 0 spiro atoms. The minimum atomic E-state index is -3.62. The van der Waals surface area contributed by atoms with Gasteiger partial charge >= 0.3 is 0 Å². The summed E-state index contributed by atoms with van der Waals surface area (Å²) < 4.78 is 22.4. The smallest absolute Gasteiger partial charge is 0.251 e. The predicted molar refractivity (Wildman–Crippen MR) is 92.8 cm³/mol. The van der Waals surface area contributed by atoms with Crippen molar-refractivity contribution >= 4 is 15.9 Å². The van der Waals surface area contributed by atoms with Crippen LogP contribution in [0, 0.1) is 0 Å². The number of sulfonamides is 1. The Labute approximate surface area is 141 Å². The summed E-state index contributed by atoms with van der Waals surface area (Å²) in [5, 5.41) is 8.13. The third kappa shape index (κ3) is 4.01. The number of carbonyl (C=O) groups excluding carboxylic acids is 1. The predicted octanol–water partition coefficient (Wildman–Crippen LogP) is 2.28. The molecule has 0 saturated heterocycles. The first-order valence-electron chi connectivity index (χ1n) is 7.90. The number of hydrogen-bond donors (Lipinski definition) is 2. The molecule has 1 aliphatic carbocycles. The van der Waals surface area contributed by atoms with Gasteiger partial charge in [0.25, 0.3) is 5.91 Å². The summed E-state index contributed by atoms with van der Waals surface area (Å²) >= 11 is 0. The van der Waals surface area contributed by atoms with Crippen LogP contribution in [0.15, 0.2) is 48.5 Å². The van der Waals surface area contributed by atoms with Crippen molar-refractivity contribution in [3.8, 4) is 0 Å². The topological polar surface area (TPSA) is 89.3 Å². The van der Waals surface area contributed by atoms with E-state index in [-0.39, 0.29) is 17.7 Å². The number of rotatable bonds is 4. The van der Waals surface area contributed by atoms with E-state index >= 15 is 0 Å². The molecular formula is C18H20N2O3S. The maximum atomic E-state index is 12.5. The van der Waals surface area contributed by atoms with Crippen LogP contribution in [0.4, 0.5) is 0 Å². The van der Waals surface area contributed by atoms with E-state index < -0.39 is 10.0 Å². The standard InChI is InChI=1S/C18H20N2O3S/c19-24(22,23)12-13-5-3-8-15(11-13)18(21)20-17-10-4-7-14-6-1-2-9-16(14)17/h1-3,5-6,8-9,11,17H,4,7,10,12H2,(H,20,21)(H2,19,22,23)/t17-/m0/s1. The fourth-order valence-electron chi connectivity index (χ4n) is 3.18. The molecular weight excluding hydrogens is 324 g/mol. The van der Waals surface area contributed by atoms with E-state index in [1.165, 1.54) is 5.56 Å². The number of fused-ring (bicyclic) bond motifs is 1. The Morgan fingerprint density at radius 2 is 1.96 bits per heavy atom. The summed E-state index contributed by atoms with van der Waals surface area (Å²) in [5.74, 6) is -0.478. The van der Waals surface area contributed by atoms with Crippen molar-refractivity contribution in [2.75, 3.05) is 0 Å². The van der Waals surface area contributed by atoms with Crippen LogP contribution < -0.4 is 10.5 Å². The second kappa shape index (κ2) is 6.75. The van der Waals surface area contributed by atoms with Gasteiger partial charge in [-0.2, -0.15) is 0 Å². The summed E-state index contributed by atoms with van der Waals surface area (Å²) in [5.41, 5.74) is 3.39. The van der Waals surface area contributed by atoms with E-state index in [0.29, 0.717) is 11.1 Å². The Balaban J connectivity index is 1.78. The molecule has 1 atom stereocenters. The summed E-state index contributed by atoms with van der Waals surface area (Å²) in [6.45, 7) is 0. The van der Waals surface area contributed by atoms with Gasteiger partial charge in [0.1, 0.15) is 0 Å². The molecule has 0 aromatic heterocycles. The zero-order valence-electron chi connectivity index (χ0n) is 13.2. The van der Waals surface area contributed by atoms with Crippen molar-refractivity contribution in [1.29, 1.82) is 0 Å². The van der Waals surface area contributed by atoms with Gasteiger partial charge in [-0.3, -0.25) is 4.79 Å². The third-order valence-corrected chi connectivity index (χ3v) is 4.97. The van der Waals surface area contributed by atoms with Crippen molar-refractivity contribution in [2.45, 2.75) is 31.1 Å². The molecule has 6 heteroatoms. The van der Waals surface area contributed by atoms with Gasteiger partial charge in [0, 0.05) is 5.56 Å². The molecule has 0 aliphatic heterocycles. The van der Waals surface area contributed by atoms with E-state index in [1.54, 1.807) is 24.3 Å². The molecule has 24 heavy (non-hydrogen) atoms. The number of amides is 1. The Morgan fingerprint density at radius 1 is 1.17 bits per heavy atom. The molecule has 2 aromatic carbocycles. The molecule has 0 saturated carbocycles. The lowest BCUT2D eigenvalue weighted by molar-refractivity contribution is 0.0932. The zero-order chi connectivity index (χ0) is 17.2. The van der Waals surface area contributed by atoms with Crippen LogP contribution in [-0.4, -0.2) is 14.3 Å². The van der Waals surface area contributed by atoms with Gasteiger partial charge in [0.15, 0.2) is 0 Å². The minimum Gasteiger partial charge on any atom is -0.345 e. The van der Waals surface area contributed by atoms with Crippen LogP contribution in [0.25, 0.3) is 0 Å². The number of aryl methyl sites for hydroxylation is 1. The molecule has 0 heterocycles. The van der Waals surface area contributed by atoms with Crippen LogP contribution in [-0.2, 0) is 22.2 Å².